The highest BCUT2D eigenvalue weighted by molar-refractivity contribution is 5.53. The summed E-state index contributed by atoms with van der Waals surface area (Å²) in [6.07, 6.45) is 1.16. The van der Waals surface area contributed by atoms with Crippen molar-refractivity contribution in [3.05, 3.63) is 51.9 Å². The van der Waals surface area contributed by atoms with E-state index in [1.54, 1.807) is 27.4 Å². The first-order valence-electron chi connectivity index (χ1n) is 9.34. The van der Waals surface area contributed by atoms with Gasteiger partial charge in [-0.05, 0) is 36.1 Å². The van der Waals surface area contributed by atoms with Gasteiger partial charge in [0.1, 0.15) is 0 Å². The van der Waals surface area contributed by atoms with E-state index in [2.05, 4.69) is 11.0 Å². The number of methoxy groups -OCH3 is 3. The first kappa shape index (κ1) is 17.9. The Labute approximate surface area is 159 Å². The van der Waals surface area contributed by atoms with Gasteiger partial charge in [-0.3, -0.25) is 9.69 Å². The van der Waals surface area contributed by atoms with Crippen LogP contribution in [0.2, 0.25) is 0 Å². The molecule has 6 nitrogen and oxygen atoms in total. The van der Waals surface area contributed by atoms with Crippen LogP contribution < -0.4 is 19.8 Å². The molecule has 0 N–H and O–H groups in total. The average molecular weight is 370 g/mol. The lowest BCUT2D eigenvalue weighted by atomic mass is 9.83. The summed E-state index contributed by atoms with van der Waals surface area (Å²) in [5.74, 6) is 2.90. The van der Waals surface area contributed by atoms with Gasteiger partial charge in [-0.15, -0.1) is 0 Å². The number of likely N-dealkylation sites (tertiary alicyclic amines) is 1. The quantitative estimate of drug-likeness (QED) is 0.809. The van der Waals surface area contributed by atoms with Gasteiger partial charge in [-0.2, -0.15) is 0 Å². The number of aromatic nitrogens is 1. The normalized spacial score (nSPS) is 21.4. The number of hydrogen-bond donors (Lipinski definition) is 0. The van der Waals surface area contributed by atoms with Crippen LogP contribution in [0.3, 0.4) is 0 Å². The number of piperidine rings is 1. The number of nitrogens with zero attached hydrogens (tertiary/aromatic N) is 2. The van der Waals surface area contributed by atoms with Gasteiger partial charge >= 0.3 is 0 Å². The van der Waals surface area contributed by atoms with Gasteiger partial charge in [0.2, 0.25) is 5.75 Å². The molecule has 144 valence electrons. The number of benzene rings is 1. The Kier molecular flexibility index (Phi) is 4.83. The van der Waals surface area contributed by atoms with E-state index in [1.807, 2.05) is 22.8 Å². The molecule has 27 heavy (non-hydrogen) atoms. The first-order valence-corrected chi connectivity index (χ1v) is 9.34. The van der Waals surface area contributed by atoms with Crippen molar-refractivity contribution in [2.45, 2.75) is 25.4 Å². The maximum Gasteiger partial charge on any atom is 0.250 e. The molecule has 1 fully saturated rings. The highest BCUT2D eigenvalue weighted by Gasteiger charge is 2.34. The molecule has 2 aliphatic heterocycles. The summed E-state index contributed by atoms with van der Waals surface area (Å²) in [5, 5.41) is 0. The zero-order chi connectivity index (χ0) is 19.0. The predicted molar refractivity (Wildman–Crippen MR) is 103 cm³/mol. The number of fused-ring (bicyclic) bond motifs is 4. The Bertz CT molecular complexity index is 867. The van der Waals surface area contributed by atoms with Crippen LogP contribution in [0.4, 0.5) is 0 Å². The lowest BCUT2D eigenvalue weighted by Gasteiger charge is -2.42. The number of ether oxygens (including phenoxy) is 3. The molecule has 2 atom stereocenters. The van der Waals surface area contributed by atoms with Crippen molar-refractivity contribution in [2.75, 3.05) is 34.4 Å². The summed E-state index contributed by atoms with van der Waals surface area (Å²) < 4.78 is 18.3. The molecule has 0 spiro atoms. The Balaban J connectivity index is 1.58. The van der Waals surface area contributed by atoms with Crippen molar-refractivity contribution in [3.8, 4) is 17.2 Å². The fraction of sp³-hybridized carbons (Fsp3) is 0.476. The SMILES string of the molecule is COc1cc(CN2C[C@H]3C[C@@H](C2)c2cccc(=O)n2C3)cc(OC)c1OC. The van der Waals surface area contributed by atoms with Crippen LogP contribution in [0.15, 0.2) is 35.1 Å². The van der Waals surface area contributed by atoms with E-state index in [9.17, 15) is 4.79 Å². The molecule has 0 radical (unpaired) electrons. The first-order chi connectivity index (χ1) is 13.1. The minimum atomic E-state index is 0.125. The summed E-state index contributed by atoms with van der Waals surface area (Å²) >= 11 is 0. The Morgan fingerprint density at radius 1 is 1.00 bits per heavy atom. The maximum atomic E-state index is 12.2. The third kappa shape index (κ3) is 3.30. The zero-order valence-corrected chi connectivity index (χ0v) is 16.1. The molecule has 0 amide bonds. The number of rotatable bonds is 5. The highest BCUT2D eigenvalue weighted by atomic mass is 16.5. The van der Waals surface area contributed by atoms with E-state index >= 15 is 0 Å². The van der Waals surface area contributed by atoms with Crippen LogP contribution in [0, 0.1) is 5.92 Å². The van der Waals surface area contributed by atoms with Gasteiger partial charge in [0.15, 0.2) is 11.5 Å². The van der Waals surface area contributed by atoms with E-state index in [0.717, 1.165) is 38.2 Å². The van der Waals surface area contributed by atoms with Gasteiger partial charge in [0.05, 0.1) is 21.3 Å². The summed E-state index contributed by atoms with van der Waals surface area (Å²) in [6, 6.07) is 9.68. The van der Waals surface area contributed by atoms with E-state index in [-0.39, 0.29) is 5.56 Å². The van der Waals surface area contributed by atoms with Crippen molar-refractivity contribution in [3.63, 3.8) is 0 Å². The van der Waals surface area contributed by atoms with Crippen LogP contribution in [0.5, 0.6) is 17.2 Å². The lowest BCUT2D eigenvalue weighted by molar-refractivity contribution is 0.114. The molecule has 2 bridgehead atoms. The van der Waals surface area contributed by atoms with Crippen molar-refractivity contribution in [1.29, 1.82) is 0 Å². The Morgan fingerprint density at radius 2 is 1.74 bits per heavy atom. The highest BCUT2D eigenvalue weighted by Crippen LogP contribution is 2.40. The third-order valence-electron chi connectivity index (χ3n) is 5.69. The van der Waals surface area contributed by atoms with Gasteiger partial charge in [-0.25, -0.2) is 0 Å². The van der Waals surface area contributed by atoms with E-state index in [4.69, 9.17) is 14.2 Å². The molecule has 0 unspecified atom stereocenters. The lowest BCUT2D eigenvalue weighted by Crippen LogP contribution is -2.46. The fourth-order valence-electron chi connectivity index (χ4n) is 4.61. The average Bonchev–Trinajstić information content (AvgIpc) is 2.68. The molecular weight excluding hydrogens is 344 g/mol. The predicted octanol–water partition coefficient (Wildman–Crippen LogP) is 2.49. The van der Waals surface area contributed by atoms with E-state index in [1.165, 1.54) is 5.69 Å². The smallest absolute Gasteiger partial charge is 0.250 e. The minimum absolute atomic E-state index is 0.125. The van der Waals surface area contributed by atoms with Crippen molar-refractivity contribution in [2.24, 2.45) is 5.92 Å². The summed E-state index contributed by atoms with van der Waals surface area (Å²) in [6.45, 7) is 3.59. The maximum absolute atomic E-state index is 12.2. The van der Waals surface area contributed by atoms with Crippen LogP contribution in [0.1, 0.15) is 23.6 Å². The van der Waals surface area contributed by atoms with Gasteiger partial charge in [0, 0.05) is 43.9 Å². The Hall–Kier alpha value is -2.47. The zero-order valence-electron chi connectivity index (χ0n) is 16.1. The van der Waals surface area contributed by atoms with Crippen molar-refractivity contribution < 1.29 is 14.2 Å². The molecule has 1 aromatic heterocycles. The van der Waals surface area contributed by atoms with Crippen LogP contribution >= 0.6 is 0 Å². The fourth-order valence-corrected chi connectivity index (χ4v) is 4.61. The van der Waals surface area contributed by atoms with Crippen LogP contribution in [0.25, 0.3) is 0 Å². The molecule has 0 aliphatic carbocycles. The summed E-state index contributed by atoms with van der Waals surface area (Å²) in [7, 11) is 4.90. The molecule has 4 rings (SSSR count). The topological polar surface area (TPSA) is 52.9 Å². The second-order valence-electron chi connectivity index (χ2n) is 7.43. The number of pyridine rings is 1. The van der Waals surface area contributed by atoms with Gasteiger partial charge in [0.25, 0.3) is 5.56 Å². The minimum Gasteiger partial charge on any atom is -0.493 e. The molecule has 3 heterocycles. The van der Waals surface area contributed by atoms with Crippen molar-refractivity contribution >= 4 is 0 Å². The molecule has 1 saturated heterocycles. The molecule has 6 heteroatoms. The Morgan fingerprint density at radius 3 is 2.41 bits per heavy atom. The molecular formula is C21H26N2O4. The van der Waals surface area contributed by atoms with E-state index in [0.29, 0.717) is 29.1 Å². The summed E-state index contributed by atoms with van der Waals surface area (Å²) in [4.78, 5) is 14.7. The molecule has 2 aromatic rings. The third-order valence-corrected chi connectivity index (χ3v) is 5.69. The second kappa shape index (κ2) is 7.27. The van der Waals surface area contributed by atoms with Gasteiger partial charge in [-0.1, -0.05) is 6.07 Å². The molecule has 1 aromatic carbocycles. The second-order valence-corrected chi connectivity index (χ2v) is 7.43. The molecule has 2 aliphatic rings. The molecule has 0 saturated carbocycles. The van der Waals surface area contributed by atoms with E-state index < -0.39 is 0 Å². The standard InChI is InChI=1S/C21H26N2O4/c1-25-18-8-14(9-19(26-2)21(18)27-3)10-22-11-15-7-16(13-22)17-5-4-6-20(24)23(17)12-15/h4-6,8-9,15-16H,7,10-13H2,1-3H3/t15-,16+/m1/s1. The van der Waals surface area contributed by atoms with Crippen LogP contribution in [-0.4, -0.2) is 43.9 Å². The largest absolute Gasteiger partial charge is 0.493 e. The monoisotopic (exact) mass is 370 g/mol. The van der Waals surface area contributed by atoms with Gasteiger partial charge < -0.3 is 18.8 Å². The van der Waals surface area contributed by atoms with Crippen molar-refractivity contribution in [1.82, 2.24) is 9.47 Å². The number of hydrogen-bond acceptors (Lipinski definition) is 5. The summed E-state index contributed by atoms with van der Waals surface area (Å²) in [5.41, 5.74) is 2.43. The van der Waals surface area contributed by atoms with Crippen LogP contribution in [-0.2, 0) is 13.1 Å².